The van der Waals surface area contributed by atoms with Gasteiger partial charge in [-0.05, 0) is 50.9 Å². The molecule has 0 heterocycles. The van der Waals surface area contributed by atoms with E-state index in [4.69, 9.17) is 14.0 Å². The summed E-state index contributed by atoms with van der Waals surface area (Å²) in [6.45, 7) is 18.6. The summed E-state index contributed by atoms with van der Waals surface area (Å²) < 4.78 is 12.6. The molecular weight excluding hydrogens is 460 g/mol. The molecular formula is C27H46N2O5Si. The largest absolute Gasteiger partial charge is 0.444 e. The number of rotatable bonds is 9. The molecule has 1 saturated carbocycles. The molecule has 0 aromatic heterocycles. The average Bonchev–Trinajstić information content (AvgIpc) is 3.48. The Kier molecular flexibility index (Phi) is 9.23. The van der Waals surface area contributed by atoms with E-state index in [0.717, 1.165) is 5.56 Å². The Hall–Kier alpha value is -1.90. The number of carbonyl (C=O) groups excluding carboxylic acids is 2. The van der Waals surface area contributed by atoms with E-state index in [1.54, 1.807) is 7.05 Å². The number of alkyl carbamates (subject to hydrolysis) is 1. The molecule has 2 amide bonds. The minimum Gasteiger partial charge on any atom is -0.444 e. The number of carbonyl (C=O) groups is 2. The maximum atomic E-state index is 13.4. The van der Waals surface area contributed by atoms with E-state index in [2.05, 4.69) is 51.3 Å². The van der Waals surface area contributed by atoms with E-state index >= 15 is 0 Å². The summed E-state index contributed by atoms with van der Waals surface area (Å²) >= 11 is 0. The summed E-state index contributed by atoms with van der Waals surface area (Å²) in [7, 11) is 0.888. The van der Waals surface area contributed by atoms with Crippen LogP contribution < -0.4 is 5.32 Å². The first-order valence-electron chi connectivity index (χ1n) is 12.6. The number of hydroxylamine groups is 2. The zero-order valence-electron chi connectivity index (χ0n) is 23.5. The van der Waals surface area contributed by atoms with Crippen molar-refractivity contribution in [1.82, 2.24) is 10.4 Å². The quantitative estimate of drug-likeness (QED) is 0.342. The van der Waals surface area contributed by atoms with Gasteiger partial charge in [0.05, 0.1) is 25.2 Å². The maximum absolute atomic E-state index is 13.4. The van der Waals surface area contributed by atoms with Gasteiger partial charge in [-0.1, -0.05) is 58.0 Å². The topological polar surface area (TPSA) is 77.1 Å². The van der Waals surface area contributed by atoms with E-state index in [0.29, 0.717) is 6.42 Å². The van der Waals surface area contributed by atoms with Crippen molar-refractivity contribution in [2.75, 3.05) is 14.2 Å². The van der Waals surface area contributed by atoms with Gasteiger partial charge in [0, 0.05) is 18.9 Å². The molecule has 0 saturated heterocycles. The van der Waals surface area contributed by atoms with Crippen molar-refractivity contribution >= 4 is 20.3 Å². The summed E-state index contributed by atoms with van der Waals surface area (Å²) in [5, 5.41) is 4.34. The van der Waals surface area contributed by atoms with E-state index in [1.807, 2.05) is 45.9 Å². The number of hydrogen-bond donors (Lipinski definition) is 1. The van der Waals surface area contributed by atoms with Gasteiger partial charge in [-0.2, -0.15) is 0 Å². The van der Waals surface area contributed by atoms with Gasteiger partial charge >= 0.3 is 6.09 Å². The van der Waals surface area contributed by atoms with E-state index in [1.165, 1.54) is 12.2 Å². The third-order valence-corrected chi connectivity index (χ3v) is 11.8. The van der Waals surface area contributed by atoms with Gasteiger partial charge in [-0.15, -0.1) is 0 Å². The Labute approximate surface area is 213 Å². The van der Waals surface area contributed by atoms with Gasteiger partial charge in [-0.25, -0.2) is 9.86 Å². The second kappa shape index (κ2) is 11.0. The van der Waals surface area contributed by atoms with Gasteiger partial charge < -0.3 is 14.5 Å². The molecule has 0 bridgehead atoms. The second-order valence-electron chi connectivity index (χ2n) is 12.1. The minimum atomic E-state index is -2.25. The van der Waals surface area contributed by atoms with Gasteiger partial charge in [0.1, 0.15) is 5.60 Å². The Morgan fingerprint density at radius 3 is 2.11 bits per heavy atom. The lowest BCUT2D eigenvalue weighted by molar-refractivity contribution is -0.171. The Bertz CT molecular complexity index is 863. The van der Waals surface area contributed by atoms with E-state index < -0.39 is 20.0 Å². The molecule has 0 aliphatic heterocycles. The average molecular weight is 507 g/mol. The molecule has 7 nitrogen and oxygen atoms in total. The fourth-order valence-electron chi connectivity index (χ4n) is 4.29. The monoisotopic (exact) mass is 506 g/mol. The summed E-state index contributed by atoms with van der Waals surface area (Å²) in [5.74, 6) is -0.504. The third kappa shape index (κ3) is 7.30. The molecule has 1 aliphatic rings. The third-order valence-electron chi connectivity index (χ3n) is 7.28. The predicted octanol–water partition coefficient (Wildman–Crippen LogP) is 5.73. The van der Waals surface area contributed by atoms with Gasteiger partial charge in [0.25, 0.3) is 0 Å². The fraction of sp³-hybridized carbons (Fsp3) is 0.704. The molecule has 1 aromatic carbocycles. The van der Waals surface area contributed by atoms with Gasteiger partial charge in [-0.3, -0.25) is 9.63 Å². The number of nitrogens with zero attached hydrogens (tertiary/aromatic N) is 1. The van der Waals surface area contributed by atoms with Crippen molar-refractivity contribution in [2.45, 2.75) is 96.7 Å². The summed E-state index contributed by atoms with van der Waals surface area (Å²) in [5.41, 5.74) is 0.487. The summed E-state index contributed by atoms with van der Waals surface area (Å²) in [6.07, 6.45) is -0.169. The molecule has 0 radical (unpaired) electrons. The van der Waals surface area contributed by atoms with Crippen LogP contribution in [0.15, 0.2) is 30.3 Å². The normalized spacial score (nSPS) is 22.2. The van der Waals surface area contributed by atoms with Crippen LogP contribution >= 0.6 is 0 Å². The standard InChI is InChI=1S/C27H46N2O5Si/c1-12-19(28-25(31)33-26(2,3)4)23(34-35(10,11)27(5,6)7)21-20(18-16-14-13-15-17-18)22(21)24(30)29(8)32-9/h13-17,19-23H,12H2,1-11H3,(H,28,31)/t19-,20-,21+,22-,23-/m0/s1. The van der Waals surface area contributed by atoms with Crippen molar-refractivity contribution in [3.63, 3.8) is 0 Å². The van der Waals surface area contributed by atoms with Crippen LogP contribution in [0.4, 0.5) is 4.79 Å². The summed E-state index contributed by atoms with van der Waals surface area (Å²) in [4.78, 5) is 31.4. The SMILES string of the molecule is CC[C@H](NC(=O)OC(C)(C)C)[C@H](O[Si](C)(C)C(C)(C)C)[C@H]1[C@@H](C(=O)N(C)OC)[C@H]1c1ccccc1. The molecule has 5 atom stereocenters. The number of amides is 2. The van der Waals surface area contributed by atoms with Crippen molar-refractivity contribution in [3.8, 4) is 0 Å². The first-order chi connectivity index (χ1) is 16.0. The highest BCUT2D eigenvalue weighted by molar-refractivity contribution is 6.74. The second-order valence-corrected chi connectivity index (χ2v) is 16.8. The molecule has 0 spiro atoms. The molecule has 8 heteroatoms. The first kappa shape index (κ1) is 29.3. The van der Waals surface area contributed by atoms with Crippen LogP contribution in [0, 0.1) is 11.8 Å². The molecule has 1 aromatic rings. The number of nitrogens with one attached hydrogen (secondary N) is 1. The Balaban J connectivity index is 2.49. The van der Waals surface area contributed by atoms with Gasteiger partial charge in [0.2, 0.25) is 5.91 Å². The summed E-state index contributed by atoms with van der Waals surface area (Å²) in [6, 6.07) is 9.77. The molecule has 1 N–H and O–H groups in total. The van der Waals surface area contributed by atoms with E-state index in [-0.39, 0.29) is 40.8 Å². The van der Waals surface area contributed by atoms with Crippen LogP contribution in [0.25, 0.3) is 0 Å². The maximum Gasteiger partial charge on any atom is 0.407 e. The predicted molar refractivity (Wildman–Crippen MR) is 141 cm³/mol. The van der Waals surface area contributed by atoms with Crippen molar-refractivity contribution in [1.29, 1.82) is 0 Å². The zero-order chi connectivity index (χ0) is 26.8. The number of ether oxygens (including phenoxy) is 1. The van der Waals surface area contributed by atoms with Gasteiger partial charge in [0.15, 0.2) is 8.32 Å². The molecule has 0 unspecified atom stereocenters. The van der Waals surface area contributed by atoms with Crippen LogP contribution in [0.2, 0.25) is 18.1 Å². The van der Waals surface area contributed by atoms with Crippen LogP contribution in [0.5, 0.6) is 0 Å². The highest BCUT2D eigenvalue weighted by Gasteiger charge is 2.62. The first-order valence-corrected chi connectivity index (χ1v) is 15.5. The van der Waals surface area contributed by atoms with Crippen molar-refractivity contribution < 1.29 is 23.6 Å². The van der Waals surface area contributed by atoms with Crippen molar-refractivity contribution in [3.05, 3.63) is 35.9 Å². The zero-order valence-corrected chi connectivity index (χ0v) is 24.5. The Morgan fingerprint density at radius 1 is 1.09 bits per heavy atom. The molecule has 35 heavy (non-hydrogen) atoms. The number of benzene rings is 1. The van der Waals surface area contributed by atoms with Crippen LogP contribution in [-0.4, -0.2) is 57.3 Å². The lowest BCUT2D eigenvalue weighted by Gasteiger charge is -2.42. The lowest BCUT2D eigenvalue weighted by Crippen LogP contribution is -2.53. The van der Waals surface area contributed by atoms with Crippen LogP contribution in [0.3, 0.4) is 0 Å². The highest BCUT2D eigenvalue weighted by Crippen LogP contribution is 2.59. The minimum absolute atomic E-state index is 0.0226. The molecule has 1 fully saturated rings. The van der Waals surface area contributed by atoms with Crippen molar-refractivity contribution in [2.24, 2.45) is 11.8 Å². The highest BCUT2D eigenvalue weighted by atomic mass is 28.4. The molecule has 1 aliphatic carbocycles. The molecule has 2 rings (SSSR count). The lowest BCUT2D eigenvalue weighted by atomic mass is 10.00. The smallest absolute Gasteiger partial charge is 0.407 e. The van der Waals surface area contributed by atoms with Crippen LogP contribution in [-0.2, 0) is 18.8 Å². The van der Waals surface area contributed by atoms with E-state index in [9.17, 15) is 9.59 Å². The van der Waals surface area contributed by atoms with Crippen LogP contribution in [0.1, 0.15) is 66.4 Å². The Morgan fingerprint density at radius 2 is 1.66 bits per heavy atom. The number of hydrogen-bond acceptors (Lipinski definition) is 5. The molecule has 198 valence electrons. The fourth-order valence-corrected chi connectivity index (χ4v) is 5.64.